The topological polar surface area (TPSA) is 35.2 Å². The summed E-state index contributed by atoms with van der Waals surface area (Å²) in [6, 6.07) is 0.252. The molecule has 2 N–H and O–H groups in total. The lowest BCUT2D eigenvalue weighted by Crippen LogP contribution is -2.39. The summed E-state index contributed by atoms with van der Waals surface area (Å²) < 4.78 is 5.79. The first-order chi connectivity index (χ1) is 7.22. The van der Waals surface area contributed by atoms with Crippen molar-refractivity contribution in [1.29, 1.82) is 0 Å². The minimum Gasteiger partial charge on any atom is -0.377 e. The fourth-order valence-corrected chi connectivity index (χ4v) is 2.37. The SMILES string of the molecule is CCOC(C(N)CC(CC)CC)C1CC1. The maximum Gasteiger partial charge on any atom is 0.0753 e. The van der Waals surface area contributed by atoms with E-state index in [0.717, 1.165) is 24.9 Å². The molecule has 90 valence electrons. The molecule has 1 aliphatic carbocycles. The molecule has 0 aromatic rings. The van der Waals surface area contributed by atoms with Gasteiger partial charge in [-0.3, -0.25) is 0 Å². The van der Waals surface area contributed by atoms with Gasteiger partial charge in [-0.1, -0.05) is 26.7 Å². The Labute approximate surface area is 94.6 Å². The Hall–Kier alpha value is -0.0800. The Morgan fingerprint density at radius 1 is 1.20 bits per heavy atom. The molecule has 15 heavy (non-hydrogen) atoms. The molecule has 2 heteroatoms. The van der Waals surface area contributed by atoms with Crippen LogP contribution >= 0.6 is 0 Å². The summed E-state index contributed by atoms with van der Waals surface area (Å²) in [5.41, 5.74) is 6.27. The average molecular weight is 213 g/mol. The molecule has 1 aliphatic rings. The van der Waals surface area contributed by atoms with Crippen molar-refractivity contribution >= 4 is 0 Å². The summed E-state index contributed by atoms with van der Waals surface area (Å²) in [7, 11) is 0. The van der Waals surface area contributed by atoms with Gasteiger partial charge in [0.1, 0.15) is 0 Å². The first-order valence-corrected chi connectivity index (χ1v) is 6.60. The molecular weight excluding hydrogens is 186 g/mol. The second kappa shape index (κ2) is 6.49. The highest BCUT2D eigenvalue weighted by Gasteiger charge is 2.36. The van der Waals surface area contributed by atoms with Crippen molar-refractivity contribution in [2.75, 3.05) is 6.61 Å². The van der Waals surface area contributed by atoms with Gasteiger partial charge < -0.3 is 10.5 Å². The van der Waals surface area contributed by atoms with Gasteiger partial charge in [-0.25, -0.2) is 0 Å². The lowest BCUT2D eigenvalue weighted by molar-refractivity contribution is 0.0227. The Morgan fingerprint density at radius 2 is 1.80 bits per heavy atom. The first kappa shape index (κ1) is 13.0. The molecule has 0 bridgehead atoms. The highest BCUT2D eigenvalue weighted by Crippen LogP contribution is 2.36. The summed E-state index contributed by atoms with van der Waals surface area (Å²) in [5, 5.41) is 0. The molecule has 1 saturated carbocycles. The molecule has 2 atom stereocenters. The van der Waals surface area contributed by atoms with Crippen LogP contribution in [0.15, 0.2) is 0 Å². The van der Waals surface area contributed by atoms with Crippen molar-refractivity contribution in [3.63, 3.8) is 0 Å². The van der Waals surface area contributed by atoms with E-state index < -0.39 is 0 Å². The fourth-order valence-electron chi connectivity index (χ4n) is 2.37. The lowest BCUT2D eigenvalue weighted by atomic mass is 9.91. The third-order valence-corrected chi connectivity index (χ3v) is 3.63. The van der Waals surface area contributed by atoms with Crippen LogP contribution in [0.3, 0.4) is 0 Å². The van der Waals surface area contributed by atoms with Crippen LogP contribution in [0.1, 0.15) is 52.9 Å². The summed E-state index contributed by atoms with van der Waals surface area (Å²) >= 11 is 0. The van der Waals surface area contributed by atoms with E-state index in [9.17, 15) is 0 Å². The van der Waals surface area contributed by atoms with Gasteiger partial charge in [0.2, 0.25) is 0 Å². The lowest BCUT2D eigenvalue weighted by Gasteiger charge is -2.26. The van der Waals surface area contributed by atoms with Crippen LogP contribution in [0.5, 0.6) is 0 Å². The smallest absolute Gasteiger partial charge is 0.0753 e. The third-order valence-electron chi connectivity index (χ3n) is 3.63. The van der Waals surface area contributed by atoms with E-state index in [1.165, 1.54) is 25.7 Å². The van der Waals surface area contributed by atoms with E-state index in [1.54, 1.807) is 0 Å². The van der Waals surface area contributed by atoms with Crippen LogP contribution in [-0.2, 0) is 4.74 Å². The Bertz CT molecular complexity index is 164. The van der Waals surface area contributed by atoms with E-state index in [4.69, 9.17) is 10.5 Å². The molecule has 1 fully saturated rings. The quantitative estimate of drug-likeness (QED) is 0.673. The molecule has 0 aromatic heterocycles. The largest absolute Gasteiger partial charge is 0.377 e. The van der Waals surface area contributed by atoms with Crippen molar-refractivity contribution in [3.05, 3.63) is 0 Å². The maximum atomic E-state index is 6.27. The number of nitrogens with two attached hydrogens (primary N) is 1. The average Bonchev–Trinajstić information content (AvgIpc) is 3.06. The molecule has 0 spiro atoms. The summed E-state index contributed by atoms with van der Waals surface area (Å²) in [5.74, 6) is 1.54. The Kier molecular flexibility index (Phi) is 5.62. The van der Waals surface area contributed by atoms with Crippen molar-refractivity contribution < 1.29 is 4.74 Å². The van der Waals surface area contributed by atoms with Crippen LogP contribution < -0.4 is 5.73 Å². The highest BCUT2D eigenvalue weighted by atomic mass is 16.5. The standard InChI is InChI=1S/C13H27NO/c1-4-10(5-2)9-12(14)13(15-6-3)11-7-8-11/h10-13H,4-9,14H2,1-3H3. The van der Waals surface area contributed by atoms with Crippen LogP contribution in [0.4, 0.5) is 0 Å². The van der Waals surface area contributed by atoms with Gasteiger partial charge in [0.25, 0.3) is 0 Å². The van der Waals surface area contributed by atoms with Gasteiger partial charge in [0.05, 0.1) is 6.10 Å². The van der Waals surface area contributed by atoms with E-state index in [0.29, 0.717) is 6.10 Å². The summed E-state index contributed by atoms with van der Waals surface area (Å²) in [6.45, 7) is 7.39. The number of ether oxygens (including phenoxy) is 1. The summed E-state index contributed by atoms with van der Waals surface area (Å²) in [6.07, 6.45) is 6.59. The number of rotatable bonds is 8. The Balaban J connectivity index is 2.36. The molecule has 2 nitrogen and oxygen atoms in total. The van der Waals surface area contributed by atoms with E-state index >= 15 is 0 Å². The van der Waals surface area contributed by atoms with Gasteiger partial charge in [0.15, 0.2) is 0 Å². The fraction of sp³-hybridized carbons (Fsp3) is 1.00. The molecule has 0 heterocycles. The molecular formula is C13H27NO. The first-order valence-electron chi connectivity index (χ1n) is 6.60. The molecule has 1 rings (SSSR count). The van der Waals surface area contributed by atoms with Gasteiger partial charge in [-0.05, 0) is 38.0 Å². The maximum absolute atomic E-state index is 6.27. The zero-order valence-electron chi connectivity index (χ0n) is 10.5. The van der Waals surface area contributed by atoms with Crippen molar-refractivity contribution in [1.82, 2.24) is 0 Å². The second-order valence-electron chi connectivity index (χ2n) is 4.84. The molecule has 0 amide bonds. The Morgan fingerprint density at radius 3 is 2.20 bits per heavy atom. The predicted octanol–water partition coefficient (Wildman–Crippen LogP) is 2.96. The minimum atomic E-state index is 0.252. The molecule has 0 saturated heterocycles. The molecule has 0 aromatic carbocycles. The molecule has 0 aliphatic heterocycles. The number of hydrogen-bond donors (Lipinski definition) is 1. The van der Waals surface area contributed by atoms with Crippen LogP contribution in [0.2, 0.25) is 0 Å². The van der Waals surface area contributed by atoms with Crippen LogP contribution in [0.25, 0.3) is 0 Å². The zero-order valence-corrected chi connectivity index (χ0v) is 10.5. The third kappa shape index (κ3) is 4.12. The zero-order chi connectivity index (χ0) is 11.3. The highest BCUT2D eigenvalue weighted by molar-refractivity contribution is 4.89. The van der Waals surface area contributed by atoms with Gasteiger partial charge in [-0.2, -0.15) is 0 Å². The minimum absolute atomic E-state index is 0.252. The monoisotopic (exact) mass is 213 g/mol. The van der Waals surface area contributed by atoms with Crippen molar-refractivity contribution in [2.24, 2.45) is 17.6 Å². The molecule has 0 radical (unpaired) electrons. The normalized spacial score (nSPS) is 20.6. The predicted molar refractivity (Wildman–Crippen MR) is 64.8 cm³/mol. The second-order valence-corrected chi connectivity index (χ2v) is 4.84. The van der Waals surface area contributed by atoms with Crippen molar-refractivity contribution in [2.45, 2.75) is 65.0 Å². The van der Waals surface area contributed by atoms with Gasteiger partial charge in [-0.15, -0.1) is 0 Å². The van der Waals surface area contributed by atoms with Gasteiger partial charge in [0, 0.05) is 12.6 Å². The van der Waals surface area contributed by atoms with Gasteiger partial charge >= 0.3 is 0 Å². The van der Waals surface area contributed by atoms with E-state index in [-0.39, 0.29) is 6.04 Å². The van der Waals surface area contributed by atoms with E-state index in [2.05, 4.69) is 20.8 Å². The van der Waals surface area contributed by atoms with E-state index in [1.807, 2.05) is 0 Å². The summed E-state index contributed by atoms with van der Waals surface area (Å²) in [4.78, 5) is 0. The van der Waals surface area contributed by atoms with Crippen LogP contribution in [0, 0.1) is 11.8 Å². The van der Waals surface area contributed by atoms with Crippen molar-refractivity contribution in [3.8, 4) is 0 Å². The number of hydrogen-bond acceptors (Lipinski definition) is 2. The molecule has 2 unspecified atom stereocenters. The van der Waals surface area contributed by atoms with Crippen LogP contribution in [-0.4, -0.2) is 18.8 Å².